The molecule has 2 heterocycles. The molecule has 29 heavy (non-hydrogen) atoms. The minimum atomic E-state index is -0.279. The number of hydrogen-bond donors (Lipinski definition) is 0. The van der Waals surface area contributed by atoms with Gasteiger partial charge in [0, 0.05) is 23.4 Å². The van der Waals surface area contributed by atoms with E-state index in [1.54, 1.807) is 0 Å². The highest BCUT2D eigenvalue weighted by molar-refractivity contribution is 5.98. The van der Waals surface area contributed by atoms with Crippen molar-refractivity contribution in [1.82, 2.24) is 4.57 Å². The van der Waals surface area contributed by atoms with Crippen molar-refractivity contribution in [2.75, 3.05) is 0 Å². The minimum absolute atomic E-state index is 0.269. The zero-order chi connectivity index (χ0) is 19.6. The molecule has 0 saturated heterocycles. The molecule has 0 spiro atoms. The fraction of sp³-hybridized carbons (Fsp3) is 0.115. The Morgan fingerprint density at radius 3 is 2.31 bits per heavy atom. The number of carbonyl (C=O) groups excluding carboxylic acids is 1. The van der Waals surface area contributed by atoms with Gasteiger partial charge >= 0.3 is 5.97 Å². The molecule has 3 heteroatoms. The largest absolute Gasteiger partial charge is 0.456 e. The summed E-state index contributed by atoms with van der Waals surface area (Å²) in [5.74, 6) is -0.279. The molecule has 0 N–H and O–H groups in total. The molecule has 3 nitrogen and oxygen atoms in total. The third-order valence-corrected chi connectivity index (χ3v) is 5.49. The van der Waals surface area contributed by atoms with Crippen LogP contribution in [0, 0.1) is 0 Å². The zero-order valence-electron chi connectivity index (χ0n) is 16.0. The fourth-order valence-corrected chi connectivity index (χ4v) is 4.07. The summed E-state index contributed by atoms with van der Waals surface area (Å²) in [5.41, 5.74) is 7.17. The number of nitrogens with zero attached hydrogens (tertiary/aromatic N) is 1. The molecule has 1 aliphatic heterocycles. The first-order valence-corrected chi connectivity index (χ1v) is 9.89. The van der Waals surface area contributed by atoms with Crippen LogP contribution in [0.3, 0.4) is 0 Å². The number of aromatic nitrogens is 1. The highest BCUT2D eigenvalue weighted by Gasteiger charge is 2.27. The first-order chi connectivity index (χ1) is 14.3. The van der Waals surface area contributed by atoms with Crippen molar-refractivity contribution in [3.05, 3.63) is 108 Å². The van der Waals surface area contributed by atoms with E-state index in [0.717, 1.165) is 35.3 Å². The van der Waals surface area contributed by atoms with Crippen LogP contribution in [0.15, 0.2) is 91.0 Å². The van der Waals surface area contributed by atoms with Crippen LogP contribution >= 0.6 is 0 Å². The second-order valence-corrected chi connectivity index (χ2v) is 7.28. The molecule has 142 valence electrons. The maximum absolute atomic E-state index is 13.2. The van der Waals surface area contributed by atoms with Crippen molar-refractivity contribution in [1.29, 1.82) is 0 Å². The van der Waals surface area contributed by atoms with Gasteiger partial charge in [0.2, 0.25) is 0 Å². The lowest BCUT2D eigenvalue weighted by Gasteiger charge is -2.21. The molecule has 5 rings (SSSR count). The Bertz CT molecular complexity index is 1160. The van der Waals surface area contributed by atoms with E-state index >= 15 is 0 Å². The van der Waals surface area contributed by atoms with Gasteiger partial charge in [-0.05, 0) is 29.2 Å². The van der Waals surface area contributed by atoms with Crippen LogP contribution in [0.5, 0.6) is 0 Å². The second-order valence-electron chi connectivity index (χ2n) is 7.28. The van der Waals surface area contributed by atoms with Gasteiger partial charge in [-0.2, -0.15) is 0 Å². The van der Waals surface area contributed by atoms with Crippen LogP contribution in [0.1, 0.15) is 21.6 Å². The molecular weight excluding hydrogens is 358 g/mol. The molecule has 0 saturated carbocycles. The van der Waals surface area contributed by atoms with E-state index in [4.69, 9.17) is 4.74 Å². The number of rotatable bonds is 4. The van der Waals surface area contributed by atoms with Crippen LogP contribution in [-0.2, 0) is 24.3 Å². The number of ether oxygens (including phenoxy) is 1. The van der Waals surface area contributed by atoms with Crippen molar-refractivity contribution in [3.8, 4) is 22.4 Å². The summed E-state index contributed by atoms with van der Waals surface area (Å²) in [6, 6.07) is 30.4. The molecule has 3 aromatic carbocycles. The van der Waals surface area contributed by atoms with Crippen molar-refractivity contribution in [2.45, 2.75) is 19.6 Å². The highest BCUT2D eigenvalue weighted by Crippen LogP contribution is 2.37. The predicted octanol–water partition coefficient (Wildman–Crippen LogP) is 5.74. The van der Waals surface area contributed by atoms with E-state index in [1.165, 1.54) is 11.1 Å². The third-order valence-electron chi connectivity index (χ3n) is 5.49. The second kappa shape index (κ2) is 7.44. The lowest BCUT2D eigenvalue weighted by atomic mass is 9.98. The number of fused-ring (bicyclic) bond motifs is 3. The molecular formula is C26H21NO2. The Labute approximate surface area is 170 Å². The SMILES string of the molecule is O=C(OCc1ccccc1)c1c(-c2ccccc2)cc2n1CCc1ccccc1-2. The molecule has 0 radical (unpaired) electrons. The summed E-state index contributed by atoms with van der Waals surface area (Å²) in [7, 11) is 0. The third kappa shape index (κ3) is 3.25. The van der Waals surface area contributed by atoms with Gasteiger partial charge in [0.05, 0.1) is 0 Å². The predicted molar refractivity (Wildman–Crippen MR) is 115 cm³/mol. The van der Waals surface area contributed by atoms with Gasteiger partial charge in [0.25, 0.3) is 0 Å². The van der Waals surface area contributed by atoms with Crippen LogP contribution in [-0.4, -0.2) is 10.5 Å². The number of aryl methyl sites for hydroxylation is 1. The van der Waals surface area contributed by atoms with Crippen molar-refractivity contribution in [2.24, 2.45) is 0 Å². The number of benzene rings is 3. The Kier molecular flexibility index (Phi) is 4.49. The summed E-state index contributed by atoms with van der Waals surface area (Å²) in [6.07, 6.45) is 0.908. The van der Waals surface area contributed by atoms with Crippen LogP contribution in [0.25, 0.3) is 22.4 Å². The molecule has 0 amide bonds. The summed E-state index contributed by atoms with van der Waals surface area (Å²) in [4.78, 5) is 13.2. The van der Waals surface area contributed by atoms with E-state index in [9.17, 15) is 4.79 Å². The quantitative estimate of drug-likeness (QED) is 0.424. The van der Waals surface area contributed by atoms with E-state index in [1.807, 2.05) is 60.7 Å². The van der Waals surface area contributed by atoms with Gasteiger partial charge in [-0.1, -0.05) is 84.9 Å². The number of hydrogen-bond acceptors (Lipinski definition) is 2. The van der Waals surface area contributed by atoms with Gasteiger partial charge in [-0.3, -0.25) is 0 Å². The number of esters is 1. The normalized spacial score (nSPS) is 12.1. The average molecular weight is 379 g/mol. The van der Waals surface area contributed by atoms with Gasteiger partial charge < -0.3 is 9.30 Å². The van der Waals surface area contributed by atoms with Crippen LogP contribution in [0.2, 0.25) is 0 Å². The van der Waals surface area contributed by atoms with Crippen LogP contribution in [0.4, 0.5) is 0 Å². The van der Waals surface area contributed by atoms with Crippen molar-refractivity contribution < 1.29 is 9.53 Å². The molecule has 0 fully saturated rings. The Morgan fingerprint density at radius 1 is 0.828 bits per heavy atom. The molecule has 1 aliphatic rings. The van der Waals surface area contributed by atoms with Gasteiger partial charge in [-0.15, -0.1) is 0 Å². The van der Waals surface area contributed by atoms with Crippen molar-refractivity contribution >= 4 is 5.97 Å². The summed E-state index contributed by atoms with van der Waals surface area (Å²) < 4.78 is 7.85. The first kappa shape index (κ1) is 17.5. The maximum Gasteiger partial charge on any atom is 0.355 e. The Hall–Kier alpha value is -3.59. The zero-order valence-corrected chi connectivity index (χ0v) is 16.0. The Balaban J connectivity index is 1.58. The monoisotopic (exact) mass is 379 g/mol. The summed E-state index contributed by atoms with van der Waals surface area (Å²) >= 11 is 0. The summed E-state index contributed by atoms with van der Waals surface area (Å²) in [5, 5.41) is 0. The maximum atomic E-state index is 13.2. The van der Waals surface area contributed by atoms with Gasteiger partial charge in [0.15, 0.2) is 0 Å². The molecule has 4 aromatic rings. The molecule has 0 unspecified atom stereocenters. The molecule has 0 atom stereocenters. The van der Waals surface area contributed by atoms with E-state index in [2.05, 4.69) is 34.9 Å². The van der Waals surface area contributed by atoms with E-state index in [0.29, 0.717) is 5.69 Å². The molecule has 1 aromatic heterocycles. The Morgan fingerprint density at radius 2 is 1.52 bits per heavy atom. The minimum Gasteiger partial charge on any atom is -0.456 e. The molecule has 0 bridgehead atoms. The van der Waals surface area contributed by atoms with Crippen molar-refractivity contribution in [3.63, 3.8) is 0 Å². The lowest BCUT2D eigenvalue weighted by molar-refractivity contribution is 0.0461. The van der Waals surface area contributed by atoms with Gasteiger partial charge in [0.1, 0.15) is 12.3 Å². The number of carbonyl (C=O) groups is 1. The molecule has 0 aliphatic carbocycles. The standard InChI is InChI=1S/C26H21NO2/c28-26(29-18-19-9-3-1-4-10-19)25-23(20-11-5-2-6-12-20)17-24-22-14-8-7-13-21(22)15-16-27(24)25/h1-14,17H,15-16,18H2. The van der Waals surface area contributed by atoms with Gasteiger partial charge in [-0.25, -0.2) is 4.79 Å². The topological polar surface area (TPSA) is 31.2 Å². The first-order valence-electron chi connectivity index (χ1n) is 9.89. The average Bonchev–Trinajstić information content (AvgIpc) is 3.19. The summed E-state index contributed by atoms with van der Waals surface area (Å²) in [6.45, 7) is 1.04. The lowest BCUT2D eigenvalue weighted by Crippen LogP contribution is -2.18. The van der Waals surface area contributed by atoms with E-state index in [-0.39, 0.29) is 12.6 Å². The highest BCUT2D eigenvalue weighted by atomic mass is 16.5. The van der Waals surface area contributed by atoms with Crippen LogP contribution < -0.4 is 0 Å². The smallest absolute Gasteiger partial charge is 0.355 e. The fourth-order valence-electron chi connectivity index (χ4n) is 4.07. The van der Waals surface area contributed by atoms with E-state index < -0.39 is 0 Å².